The number of benzene rings is 2. The summed E-state index contributed by atoms with van der Waals surface area (Å²) in [7, 11) is 0. The van der Waals surface area contributed by atoms with E-state index in [1.165, 1.54) is 12.1 Å². The SMILES string of the molecule is Cc1cc(NC(=O)C(=O)O)cc(C)c1Oc1ccc(O)cc1. The molecule has 22 heavy (non-hydrogen) atoms. The van der Waals surface area contributed by atoms with Crippen LogP contribution in [-0.2, 0) is 9.59 Å². The number of carbonyl (C=O) groups is 2. The fraction of sp³-hybridized carbons (Fsp3) is 0.125. The molecule has 3 N–H and O–H groups in total. The molecule has 0 aromatic heterocycles. The number of anilines is 1. The van der Waals surface area contributed by atoms with Gasteiger partial charge in [0, 0.05) is 5.69 Å². The van der Waals surface area contributed by atoms with Gasteiger partial charge in [-0.05, 0) is 61.4 Å². The van der Waals surface area contributed by atoms with Crippen molar-refractivity contribution in [1.29, 1.82) is 0 Å². The molecule has 114 valence electrons. The van der Waals surface area contributed by atoms with E-state index in [2.05, 4.69) is 5.32 Å². The number of carbonyl (C=O) groups excluding carboxylic acids is 1. The Labute approximate surface area is 127 Å². The van der Waals surface area contributed by atoms with Crippen LogP contribution in [0.2, 0.25) is 0 Å². The van der Waals surface area contributed by atoms with Gasteiger partial charge in [0.25, 0.3) is 0 Å². The van der Waals surface area contributed by atoms with Crippen molar-refractivity contribution in [1.82, 2.24) is 0 Å². The van der Waals surface area contributed by atoms with E-state index in [-0.39, 0.29) is 5.75 Å². The molecule has 0 saturated carbocycles. The van der Waals surface area contributed by atoms with Crippen molar-refractivity contribution in [3.8, 4) is 17.2 Å². The summed E-state index contributed by atoms with van der Waals surface area (Å²) >= 11 is 0. The summed E-state index contributed by atoms with van der Waals surface area (Å²) in [4.78, 5) is 21.7. The van der Waals surface area contributed by atoms with E-state index in [4.69, 9.17) is 9.84 Å². The second-order valence-electron chi connectivity index (χ2n) is 4.79. The van der Waals surface area contributed by atoms with E-state index < -0.39 is 11.9 Å². The number of nitrogens with one attached hydrogen (secondary N) is 1. The second kappa shape index (κ2) is 6.17. The Morgan fingerprint density at radius 2 is 1.59 bits per heavy atom. The number of aromatic hydroxyl groups is 1. The van der Waals surface area contributed by atoms with Crippen LogP contribution < -0.4 is 10.1 Å². The largest absolute Gasteiger partial charge is 0.508 e. The van der Waals surface area contributed by atoms with Crippen LogP contribution in [-0.4, -0.2) is 22.1 Å². The highest BCUT2D eigenvalue weighted by molar-refractivity contribution is 6.36. The number of hydrogen-bond donors (Lipinski definition) is 3. The third-order valence-electron chi connectivity index (χ3n) is 2.97. The second-order valence-corrected chi connectivity index (χ2v) is 4.79. The zero-order valence-electron chi connectivity index (χ0n) is 12.1. The van der Waals surface area contributed by atoms with Gasteiger partial charge in [0.2, 0.25) is 0 Å². The predicted molar refractivity (Wildman–Crippen MR) is 80.4 cm³/mol. The molecule has 0 aliphatic rings. The number of aryl methyl sites for hydroxylation is 2. The molecule has 2 aromatic rings. The van der Waals surface area contributed by atoms with Crippen molar-refractivity contribution in [3.63, 3.8) is 0 Å². The minimum absolute atomic E-state index is 0.146. The molecule has 0 heterocycles. The number of aliphatic carboxylic acids is 1. The minimum Gasteiger partial charge on any atom is -0.508 e. The Bertz CT molecular complexity index is 699. The summed E-state index contributed by atoms with van der Waals surface area (Å²) in [6.07, 6.45) is 0. The first kappa shape index (κ1) is 15.4. The van der Waals surface area contributed by atoms with Gasteiger partial charge in [-0.15, -0.1) is 0 Å². The monoisotopic (exact) mass is 301 g/mol. The Morgan fingerprint density at radius 1 is 1.05 bits per heavy atom. The van der Waals surface area contributed by atoms with E-state index in [1.807, 2.05) is 0 Å². The van der Waals surface area contributed by atoms with E-state index in [9.17, 15) is 14.7 Å². The summed E-state index contributed by atoms with van der Waals surface area (Å²) in [5, 5.41) is 20.1. The average Bonchev–Trinajstić information content (AvgIpc) is 2.44. The molecule has 0 aliphatic heterocycles. The quantitative estimate of drug-likeness (QED) is 0.758. The van der Waals surface area contributed by atoms with Crippen LogP contribution in [0.5, 0.6) is 17.2 Å². The molecule has 1 amide bonds. The molecule has 0 aliphatic carbocycles. The number of hydrogen-bond acceptors (Lipinski definition) is 4. The van der Waals surface area contributed by atoms with Crippen LogP contribution >= 0.6 is 0 Å². The van der Waals surface area contributed by atoms with Gasteiger partial charge in [-0.1, -0.05) is 0 Å². The van der Waals surface area contributed by atoms with E-state index in [0.717, 1.165) is 11.1 Å². The van der Waals surface area contributed by atoms with Gasteiger partial charge in [-0.3, -0.25) is 4.79 Å². The van der Waals surface area contributed by atoms with Crippen LogP contribution in [0.25, 0.3) is 0 Å². The molecule has 0 atom stereocenters. The maximum absolute atomic E-state index is 11.2. The molecule has 0 saturated heterocycles. The molecule has 6 nitrogen and oxygen atoms in total. The van der Waals surface area contributed by atoms with Crippen molar-refractivity contribution >= 4 is 17.6 Å². The molecular weight excluding hydrogens is 286 g/mol. The summed E-state index contributed by atoms with van der Waals surface area (Å²) in [6.45, 7) is 3.58. The van der Waals surface area contributed by atoms with Crippen molar-refractivity contribution in [3.05, 3.63) is 47.5 Å². The molecule has 0 unspecified atom stereocenters. The Morgan fingerprint density at radius 3 is 2.09 bits per heavy atom. The van der Waals surface area contributed by atoms with Crippen LogP contribution in [0.3, 0.4) is 0 Å². The number of carboxylic acids is 1. The molecule has 0 radical (unpaired) electrons. The van der Waals surface area contributed by atoms with Gasteiger partial charge in [-0.2, -0.15) is 0 Å². The molecule has 0 bridgehead atoms. The lowest BCUT2D eigenvalue weighted by molar-refractivity contribution is -0.147. The average molecular weight is 301 g/mol. The predicted octanol–water partition coefficient (Wildman–Crippen LogP) is 2.82. The van der Waals surface area contributed by atoms with Gasteiger partial charge < -0.3 is 20.3 Å². The lowest BCUT2D eigenvalue weighted by Gasteiger charge is -2.14. The Kier molecular flexibility index (Phi) is 4.31. The topological polar surface area (TPSA) is 95.9 Å². The zero-order valence-corrected chi connectivity index (χ0v) is 12.1. The molecule has 0 spiro atoms. The molecule has 2 aromatic carbocycles. The Hall–Kier alpha value is -3.02. The van der Waals surface area contributed by atoms with Crippen molar-refractivity contribution in [2.24, 2.45) is 0 Å². The third-order valence-corrected chi connectivity index (χ3v) is 2.97. The van der Waals surface area contributed by atoms with Gasteiger partial charge in [-0.25, -0.2) is 4.79 Å². The van der Waals surface area contributed by atoms with Gasteiger partial charge in [0.1, 0.15) is 17.2 Å². The van der Waals surface area contributed by atoms with Crippen molar-refractivity contribution in [2.75, 3.05) is 5.32 Å². The summed E-state index contributed by atoms with van der Waals surface area (Å²) in [5.74, 6) is -1.32. The lowest BCUT2D eigenvalue weighted by atomic mass is 10.1. The van der Waals surface area contributed by atoms with E-state index in [1.54, 1.807) is 38.1 Å². The van der Waals surface area contributed by atoms with Crippen LogP contribution in [0.15, 0.2) is 36.4 Å². The van der Waals surface area contributed by atoms with Crippen molar-refractivity contribution < 1.29 is 24.5 Å². The maximum atomic E-state index is 11.2. The summed E-state index contributed by atoms with van der Waals surface area (Å²) in [5.41, 5.74) is 1.88. The highest BCUT2D eigenvalue weighted by atomic mass is 16.5. The summed E-state index contributed by atoms with van der Waals surface area (Å²) in [6, 6.07) is 9.55. The lowest BCUT2D eigenvalue weighted by Crippen LogP contribution is -2.21. The minimum atomic E-state index is -1.54. The third kappa shape index (κ3) is 3.54. The van der Waals surface area contributed by atoms with Crippen LogP contribution in [0, 0.1) is 13.8 Å². The number of rotatable bonds is 3. The number of phenols is 1. The van der Waals surface area contributed by atoms with Crippen LogP contribution in [0.1, 0.15) is 11.1 Å². The van der Waals surface area contributed by atoms with Crippen LogP contribution in [0.4, 0.5) is 5.69 Å². The molecule has 0 fully saturated rings. The Balaban J connectivity index is 2.25. The smallest absolute Gasteiger partial charge is 0.394 e. The first-order chi connectivity index (χ1) is 10.4. The first-order valence-electron chi connectivity index (χ1n) is 6.49. The number of phenolic OH excluding ortho intramolecular Hbond substituents is 1. The molecule has 6 heteroatoms. The highest BCUT2D eigenvalue weighted by Gasteiger charge is 2.14. The zero-order chi connectivity index (χ0) is 16.3. The molecular formula is C16H15NO5. The standard InChI is InChI=1S/C16H15NO5/c1-9-7-11(17-15(19)16(20)21)8-10(2)14(9)22-13-5-3-12(18)4-6-13/h3-8,18H,1-2H3,(H,17,19)(H,20,21). The van der Waals surface area contributed by atoms with Crippen molar-refractivity contribution in [2.45, 2.75) is 13.8 Å². The molecule has 2 rings (SSSR count). The highest BCUT2D eigenvalue weighted by Crippen LogP contribution is 2.32. The van der Waals surface area contributed by atoms with E-state index in [0.29, 0.717) is 17.2 Å². The van der Waals surface area contributed by atoms with E-state index >= 15 is 0 Å². The maximum Gasteiger partial charge on any atom is 0.394 e. The van der Waals surface area contributed by atoms with Gasteiger partial charge >= 0.3 is 11.9 Å². The fourth-order valence-electron chi connectivity index (χ4n) is 2.00. The first-order valence-corrected chi connectivity index (χ1v) is 6.49. The van der Waals surface area contributed by atoms with Gasteiger partial charge in [0.15, 0.2) is 0 Å². The number of carboxylic acid groups (broad SMARTS) is 1. The normalized spacial score (nSPS) is 10.1. The fourth-order valence-corrected chi connectivity index (χ4v) is 2.00. The van der Waals surface area contributed by atoms with Gasteiger partial charge in [0.05, 0.1) is 0 Å². The summed E-state index contributed by atoms with van der Waals surface area (Å²) < 4.78 is 5.76. The number of ether oxygens (including phenoxy) is 1. The number of amides is 1.